The third kappa shape index (κ3) is 3.20. The highest BCUT2D eigenvalue weighted by Crippen LogP contribution is 2.26. The zero-order valence-electron chi connectivity index (χ0n) is 14.6. The number of rotatable bonds is 3. The lowest BCUT2D eigenvalue weighted by atomic mass is 10.0. The number of hydrogen-bond acceptors (Lipinski definition) is 4. The zero-order chi connectivity index (χ0) is 17.3. The first-order valence-corrected chi connectivity index (χ1v) is 8.63. The second-order valence-electron chi connectivity index (χ2n) is 6.86. The molecule has 3 rings (SSSR count). The van der Waals surface area contributed by atoms with E-state index >= 15 is 0 Å². The van der Waals surface area contributed by atoms with Gasteiger partial charge in [-0.05, 0) is 12.8 Å². The standard InChI is InChI=1S/C17H25N5O2/c1-12(2)16-18-8-10-22(16)13-5-4-9-21(11-13)17(24)14-6-7-15(23)20(3)19-14/h8,10,12-13H,4-7,9,11H2,1-3H3/t13-/m1/s1. The van der Waals surface area contributed by atoms with Crippen LogP contribution in [0.3, 0.4) is 0 Å². The molecule has 7 heteroatoms. The summed E-state index contributed by atoms with van der Waals surface area (Å²) in [6.45, 7) is 5.69. The van der Waals surface area contributed by atoms with Crippen LogP contribution in [0.5, 0.6) is 0 Å². The maximum Gasteiger partial charge on any atom is 0.270 e. The molecule has 0 bridgehead atoms. The number of hydrogen-bond donors (Lipinski definition) is 0. The fourth-order valence-corrected chi connectivity index (χ4v) is 3.45. The van der Waals surface area contributed by atoms with Crippen LogP contribution in [0.15, 0.2) is 17.5 Å². The summed E-state index contributed by atoms with van der Waals surface area (Å²) in [6, 6.07) is 0.256. The summed E-state index contributed by atoms with van der Waals surface area (Å²) >= 11 is 0. The quantitative estimate of drug-likeness (QED) is 0.847. The van der Waals surface area contributed by atoms with Crippen molar-refractivity contribution in [3.8, 4) is 0 Å². The molecule has 0 aliphatic carbocycles. The van der Waals surface area contributed by atoms with Crippen molar-refractivity contribution >= 4 is 17.5 Å². The Labute approximate surface area is 142 Å². The van der Waals surface area contributed by atoms with Gasteiger partial charge >= 0.3 is 0 Å². The molecule has 7 nitrogen and oxygen atoms in total. The number of carbonyl (C=O) groups excluding carboxylic acids is 2. The monoisotopic (exact) mass is 331 g/mol. The Morgan fingerprint density at radius 1 is 1.33 bits per heavy atom. The van der Waals surface area contributed by atoms with Crippen molar-refractivity contribution < 1.29 is 9.59 Å². The second kappa shape index (κ2) is 6.75. The number of likely N-dealkylation sites (tertiary alicyclic amines) is 1. The summed E-state index contributed by atoms with van der Waals surface area (Å²) in [6.07, 6.45) is 6.65. The molecule has 1 fully saturated rings. The minimum absolute atomic E-state index is 0.0368. The summed E-state index contributed by atoms with van der Waals surface area (Å²) in [5.74, 6) is 1.34. The highest BCUT2D eigenvalue weighted by atomic mass is 16.2. The van der Waals surface area contributed by atoms with Gasteiger partial charge in [0.25, 0.3) is 5.91 Å². The van der Waals surface area contributed by atoms with E-state index in [9.17, 15) is 9.59 Å². The fraction of sp³-hybridized carbons (Fsp3) is 0.647. The van der Waals surface area contributed by atoms with E-state index in [4.69, 9.17) is 0 Å². The van der Waals surface area contributed by atoms with Crippen LogP contribution in [-0.2, 0) is 9.59 Å². The third-order valence-electron chi connectivity index (χ3n) is 4.75. The van der Waals surface area contributed by atoms with Crippen LogP contribution in [0.2, 0.25) is 0 Å². The molecular weight excluding hydrogens is 306 g/mol. The molecule has 0 saturated carbocycles. The topological polar surface area (TPSA) is 70.8 Å². The molecule has 1 aromatic rings. The van der Waals surface area contributed by atoms with Gasteiger partial charge in [0.15, 0.2) is 0 Å². The van der Waals surface area contributed by atoms with E-state index in [0.29, 0.717) is 31.0 Å². The number of aromatic nitrogens is 2. The lowest BCUT2D eigenvalue weighted by molar-refractivity contribution is -0.131. The van der Waals surface area contributed by atoms with Gasteiger partial charge in [-0.1, -0.05) is 13.8 Å². The summed E-state index contributed by atoms with van der Waals surface area (Å²) in [4.78, 5) is 30.6. The molecule has 0 N–H and O–H groups in total. The van der Waals surface area contributed by atoms with Gasteiger partial charge in [-0.25, -0.2) is 9.99 Å². The molecule has 2 amide bonds. The highest BCUT2D eigenvalue weighted by molar-refractivity contribution is 6.39. The van der Waals surface area contributed by atoms with Crippen LogP contribution in [0.25, 0.3) is 0 Å². The summed E-state index contributed by atoms with van der Waals surface area (Å²) in [5.41, 5.74) is 0.493. The van der Waals surface area contributed by atoms with Crippen molar-refractivity contribution in [2.45, 2.75) is 51.5 Å². The van der Waals surface area contributed by atoms with E-state index in [1.165, 1.54) is 5.01 Å². The van der Waals surface area contributed by atoms with Crippen molar-refractivity contribution in [3.05, 3.63) is 18.2 Å². The minimum Gasteiger partial charge on any atom is -0.335 e. The van der Waals surface area contributed by atoms with Gasteiger partial charge in [0.2, 0.25) is 5.91 Å². The van der Waals surface area contributed by atoms with Crippen molar-refractivity contribution in [3.63, 3.8) is 0 Å². The second-order valence-corrected chi connectivity index (χ2v) is 6.86. The Bertz CT molecular complexity index is 664. The van der Waals surface area contributed by atoms with Crippen molar-refractivity contribution in [1.82, 2.24) is 19.5 Å². The number of piperidine rings is 1. The van der Waals surface area contributed by atoms with Crippen LogP contribution in [0.1, 0.15) is 57.3 Å². The van der Waals surface area contributed by atoms with Gasteiger partial charge in [-0.2, -0.15) is 5.10 Å². The van der Waals surface area contributed by atoms with Gasteiger partial charge < -0.3 is 9.47 Å². The average Bonchev–Trinajstić information content (AvgIpc) is 3.07. The molecule has 2 aliphatic heterocycles. The SMILES string of the molecule is CC(C)c1nccn1[C@@H]1CCCN(C(=O)C2=NN(C)C(=O)CC2)C1. The number of nitrogens with zero attached hydrogens (tertiary/aromatic N) is 5. The molecule has 1 saturated heterocycles. The highest BCUT2D eigenvalue weighted by Gasteiger charge is 2.30. The van der Waals surface area contributed by atoms with E-state index in [1.807, 2.05) is 17.3 Å². The molecule has 0 aromatic carbocycles. The molecule has 3 heterocycles. The fourth-order valence-electron chi connectivity index (χ4n) is 3.45. The maximum atomic E-state index is 12.8. The van der Waals surface area contributed by atoms with Crippen molar-refractivity contribution in [2.75, 3.05) is 20.1 Å². The lowest BCUT2D eigenvalue weighted by Crippen LogP contribution is -2.45. The van der Waals surface area contributed by atoms with Gasteiger partial charge in [-0.3, -0.25) is 9.59 Å². The predicted octanol–water partition coefficient (Wildman–Crippen LogP) is 1.78. The molecule has 24 heavy (non-hydrogen) atoms. The molecule has 130 valence electrons. The van der Waals surface area contributed by atoms with Crippen LogP contribution in [0.4, 0.5) is 0 Å². The van der Waals surface area contributed by atoms with Crippen molar-refractivity contribution in [1.29, 1.82) is 0 Å². The number of amides is 2. The smallest absolute Gasteiger partial charge is 0.270 e. The largest absolute Gasteiger partial charge is 0.335 e. The van der Waals surface area contributed by atoms with Crippen LogP contribution < -0.4 is 0 Å². The van der Waals surface area contributed by atoms with Gasteiger partial charge in [0.1, 0.15) is 11.5 Å². The molecule has 0 spiro atoms. The van der Waals surface area contributed by atoms with Crippen LogP contribution in [0, 0.1) is 0 Å². The number of carbonyl (C=O) groups is 2. The van der Waals surface area contributed by atoms with Gasteiger partial charge in [0.05, 0.1) is 6.04 Å². The average molecular weight is 331 g/mol. The first-order valence-electron chi connectivity index (χ1n) is 8.63. The molecular formula is C17H25N5O2. The lowest BCUT2D eigenvalue weighted by Gasteiger charge is -2.35. The molecule has 2 aliphatic rings. The van der Waals surface area contributed by atoms with E-state index < -0.39 is 0 Å². The summed E-state index contributed by atoms with van der Waals surface area (Å²) in [7, 11) is 1.61. The summed E-state index contributed by atoms with van der Waals surface area (Å²) in [5, 5.41) is 5.44. The predicted molar refractivity (Wildman–Crippen MR) is 90.6 cm³/mol. The Morgan fingerprint density at radius 3 is 2.83 bits per heavy atom. The van der Waals surface area contributed by atoms with Gasteiger partial charge in [-0.15, -0.1) is 0 Å². The molecule has 1 atom stereocenters. The number of hydrazone groups is 1. The Morgan fingerprint density at radius 2 is 2.12 bits per heavy atom. The molecule has 1 aromatic heterocycles. The molecule has 0 radical (unpaired) electrons. The Kier molecular flexibility index (Phi) is 4.69. The van der Waals surface area contributed by atoms with Crippen molar-refractivity contribution in [2.24, 2.45) is 5.10 Å². The minimum atomic E-state index is -0.0388. The summed E-state index contributed by atoms with van der Waals surface area (Å²) < 4.78 is 2.21. The Balaban J connectivity index is 1.74. The van der Waals surface area contributed by atoms with E-state index in [1.54, 1.807) is 7.05 Å². The van der Waals surface area contributed by atoms with E-state index in [0.717, 1.165) is 25.2 Å². The normalized spacial score (nSPS) is 22.1. The van der Waals surface area contributed by atoms with Gasteiger partial charge in [0, 0.05) is 51.3 Å². The van der Waals surface area contributed by atoms with E-state index in [2.05, 4.69) is 28.5 Å². The van der Waals surface area contributed by atoms with Crippen LogP contribution >= 0.6 is 0 Å². The first kappa shape index (κ1) is 16.7. The maximum absolute atomic E-state index is 12.8. The van der Waals surface area contributed by atoms with E-state index in [-0.39, 0.29) is 17.9 Å². The first-order chi connectivity index (χ1) is 11.5. The number of imidazole rings is 1. The molecule has 0 unspecified atom stereocenters. The third-order valence-corrected chi connectivity index (χ3v) is 4.75. The zero-order valence-corrected chi connectivity index (χ0v) is 14.6. The van der Waals surface area contributed by atoms with Crippen LogP contribution in [-0.4, -0.2) is 57.1 Å². The Hall–Kier alpha value is -2.18.